The van der Waals surface area contributed by atoms with E-state index >= 15 is 0 Å². The molecule has 2 aromatic rings. The van der Waals surface area contributed by atoms with Crippen LogP contribution in [0, 0.1) is 6.92 Å². The molecule has 0 saturated carbocycles. The van der Waals surface area contributed by atoms with Crippen LogP contribution in [-0.2, 0) is 21.2 Å². The van der Waals surface area contributed by atoms with E-state index < -0.39 is 10.0 Å². The van der Waals surface area contributed by atoms with Gasteiger partial charge in [0.25, 0.3) is 0 Å². The lowest BCUT2D eigenvalue weighted by Crippen LogP contribution is -2.25. The molecule has 24 heavy (non-hydrogen) atoms. The molecule has 1 aliphatic heterocycles. The lowest BCUT2D eigenvalue weighted by Gasteiger charge is -2.17. The van der Waals surface area contributed by atoms with E-state index in [9.17, 15) is 13.2 Å². The largest absolute Gasteiger partial charge is 0.326 e. The summed E-state index contributed by atoms with van der Waals surface area (Å²) in [4.78, 5) is 12.2. The standard InChI is InChI=1S/C18H20N2O3S/c1-14-5-2-6-15(11-14)12-18(21)19-16-7-3-8-17(13-16)20-9-4-10-24(20,22)23/h2-3,5-8,11,13H,4,9-10,12H2,1H3,(H,19,21). The predicted molar refractivity (Wildman–Crippen MR) is 95.7 cm³/mol. The highest BCUT2D eigenvalue weighted by Gasteiger charge is 2.28. The van der Waals surface area contributed by atoms with Crippen LogP contribution in [-0.4, -0.2) is 26.6 Å². The molecule has 0 aromatic heterocycles. The molecular formula is C18H20N2O3S. The Morgan fingerprint density at radius 1 is 1.17 bits per heavy atom. The molecule has 1 amide bonds. The molecule has 0 atom stereocenters. The van der Waals surface area contributed by atoms with E-state index in [1.807, 2.05) is 31.2 Å². The zero-order valence-electron chi connectivity index (χ0n) is 13.5. The number of carbonyl (C=O) groups is 1. The van der Waals surface area contributed by atoms with Gasteiger partial charge in [0.2, 0.25) is 15.9 Å². The van der Waals surface area contributed by atoms with E-state index in [0.717, 1.165) is 11.1 Å². The van der Waals surface area contributed by atoms with Gasteiger partial charge < -0.3 is 5.32 Å². The van der Waals surface area contributed by atoms with Crippen LogP contribution < -0.4 is 9.62 Å². The Morgan fingerprint density at radius 3 is 2.67 bits per heavy atom. The van der Waals surface area contributed by atoms with Crippen LogP contribution >= 0.6 is 0 Å². The summed E-state index contributed by atoms with van der Waals surface area (Å²) in [6.45, 7) is 2.48. The number of nitrogens with zero attached hydrogens (tertiary/aromatic N) is 1. The van der Waals surface area contributed by atoms with Crippen molar-refractivity contribution in [1.29, 1.82) is 0 Å². The normalized spacial score (nSPS) is 16.1. The van der Waals surface area contributed by atoms with Gasteiger partial charge in [-0.05, 0) is 37.1 Å². The van der Waals surface area contributed by atoms with Crippen molar-refractivity contribution in [2.24, 2.45) is 0 Å². The van der Waals surface area contributed by atoms with Crippen LogP contribution in [0.4, 0.5) is 11.4 Å². The number of anilines is 2. The molecule has 0 radical (unpaired) electrons. The van der Waals surface area contributed by atoms with Crippen molar-refractivity contribution in [2.45, 2.75) is 19.8 Å². The average Bonchev–Trinajstić information content (AvgIpc) is 2.87. The van der Waals surface area contributed by atoms with Crippen molar-refractivity contribution in [1.82, 2.24) is 0 Å². The van der Waals surface area contributed by atoms with E-state index in [1.165, 1.54) is 4.31 Å². The minimum Gasteiger partial charge on any atom is -0.326 e. The van der Waals surface area contributed by atoms with Gasteiger partial charge in [0.15, 0.2) is 0 Å². The van der Waals surface area contributed by atoms with Crippen LogP contribution in [0.5, 0.6) is 0 Å². The molecule has 3 rings (SSSR count). The molecular weight excluding hydrogens is 324 g/mol. The summed E-state index contributed by atoms with van der Waals surface area (Å²) in [7, 11) is -3.22. The van der Waals surface area contributed by atoms with Gasteiger partial charge in [-0.15, -0.1) is 0 Å². The zero-order chi connectivity index (χ0) is 17.2. The Hall–Kier alpha value is -2.34. The highest BCUT2D eigenvalue weighted by molar-refractivity contribution is 7.93. The predicted octanol–water partition coefficient (Wildman–Crippen LogP) is 2.72. The number of sulfonamides is 1. The van der Waals surface area contributed by atoms with Gasteiger partial charge in [0, 0.05) is 12.2 Å². The quantitative estimate of drug-likeness (QED) is 0.927. The monoisotopic (exact) mass is 344 g/mol. The maximum atomic E-state index is 12.2. The van der Waals surface area contributed by atoms with Crippen molar-refractivity contribution in [3.05, 3.63) is 59.7 Å². The number of aryl methyl sites for hydroxylation is 1. The summed E-state index contributed by atoms with van der Waals surface area (Å²) < 4.78 is 25.4. The lowest BCUT2D eigenvalue weighted by atomic mass is 10.1. The van der Waals surface area contributed by atoms with Crippen LogP contribution in [0.2, 0.25) is 0 Å². The molecule has 0 bridgehead atoms. The minimum atomic E-state index is -3.22. The van der Waals surface area contributed by atoms with Crippen molar-refractivity contribution in [2.75, 3.05) is 21.9 Å². The Balaban J connectivity index is 1.72. The molecule has 1 N–H and O–H groups in total. The Bertz CT molecular complexity index is 862. The molecule has 1 aliphatic rings. The van der Waals surface area contributed by atoms with E-state index in [-0.39, 0.29) is 18.1 Å². The second-order valence-electron chi connectivity index (χ2n) is 6.01. The zero-order valence-corrected chi connectivity index (χ0v) is 14.3. The van der Waals surface area contributed by atoms with Crippen molar-refractivity contribution in [3.8, 4) is 0 Å². The minimum absolute atomic E-state index is 0.123. The molecule has 6 heteroatoms. The first-order valence-corrected chi connectivity index (χ1v) is 9.51. The van der Waals surface area contributed by atoms with E-state index in [1.54, 1.807) is 24.3 Å². The highest BCUT2D eigenvalue weighted by atomic mass is 32.2. The molecule has 1 heterocycles. The Labute approximate surface area is 142 Å². The third-order valence-corrected chi connectivity index (χ3v) is 5.83. The Kier molecular flexibility index (Phi) is 4.57. The molecule has 126 valence electrons. The average molecular weight is 344 g/mol. The molecule has 0 spiro atoms. The molecule has 0 unspecified atom stereocenters. The van der Waals surface area contributed by atoms with Crippen molar-refractivity contribution >= 4 is 27.3 Å². The maximum Gasteiger partial charge on any atom is 0.235 e. The number of hydrogen-bond acceptors (Lipinski definition) is 3. The number of carbonyl (C=O) groups excluding carboxylic acids is 1. The highest BCUT2D eigenvalue weighted by Crippen LogP contribution is 2.26. The lowest BCUT2D eigenvalue weighted by molar-refractivity contribution is -0.115. The summed E-state index contributed by atoms with van der Waals surface area (Å²) in [6, 6.07) is 14.8. The maximum absolute atomic E-state index is 12.2. The first kappa shape index (κ1) is 16.5. The number of nitrogens with one attached hydrogen (secondary N) is 1. The van der Waals surface area contributed by atoms with Crippen LogP contribution in [0.3, 0.4) is 0 Å². The van der Waals surface area contributed by atoms with Gasteiger partial charge in [-0.25, -0.2) is 8.42 Å². The molecule has 0 aliphatic carbocycles. The molecule has 1 saturated heterocycles. The summed E-state index contributed by atoms with van der Waals surface area (Å²) in [5.41, 5.74) is 3.26. The van der Waals surface area contributed by atoms with Gasteiger partial charge in [0.1, 0.15) is 0 Å². The van der Waals surface area contributed by atoms with Crippen molar-refractivity contribution in [3.63, 3.8) is 0 Å². The first-order chi connectivity index (χ1) is 11.4. The van der Waals surface area contributed by atoms with E-state index in [2.05, 4.69) is 5.32 Å². The summed E-state index contributed by atoms with van der Waals surface area (Å²) >= 11 is 0. The fourth-order valence-corrected chi connectivity index (χ4v) is 4.44. The van der Waals surface area contributed by atoms with Crippen LogP contribution in [0.1, 0.15) is 17.5 Å². The molecule has 5 nitrogen and oxygen atoms in total. The second-order valence-corrected chi connectivity index (χ2v) is 8.02. The van der Waals surface area contributed by atoms with Gasteiger partial charge in [-0.2, -0.15) is 0 Å². The summed E-state index contributed by atoms with van der Waals surface area (Å²) in [5.74, 6) is 0.0544. The smallest absolute Gasteiger partial charge is 0.235 e. The molecule has 2 aromatic carbocycles. The Morgan fingerprint density at radius 2 is 1.96 bits per heavy atom. The van der Waals surface area contributed by atoms with E-state index in [0.29, 0.717) is 24.3 Å². The number of hydrogen-bond donors (Lipinski definition) is 1. The van der Waals surface area contributed by atoms with Gasteiger partial charge >= 0.3 is 0 Å². The SMILES string of the molecule is Cc1cccc(CC(=O)Nc2cccc(N3CCCS3(=O)=O)c2)c1. The fourth-order valence-electron chi connectivity index (χ4n) is 2.88. The number of rotatable bonds is 4. The topological polar surface area (TPSA) is 66.5 Å². The first-order valence-electron chi connectivity index (χ1n) is 7.90. The number of amides is 1. The number of benzene rings is 2. The second kappa shape index (κ2) is 6.65. The van der Waals surface area contributed by atoms with Gasteiger partial charge in [-0.1, -0.05) is 35.9 Å². The third kappa shape index (κ3) is 3.76. The summed E-state index contributed by atoms with van der Waals surface area (Å²) in [5, 5.41) is 2.84. The van der Waals surface area contributed by atoms with Crippen molar-refractivity contribution < 1.29 is 13.2 Å². The van der Waals surface area contributed by atoms with Gasteiger partial charge in [0.05, 0.1) is 17.9 Å². The summed E-state index contributed by atoms with van der Waals surface area (Å²) in [6.07, 6.45) is 0.917. The van der Waals surface area contributed by atoms with Gasteiger partial charge in [-0.3, -0.25) is 9.10 Å². The van der Waals surface area contributed by atoms with Crippen LogP contribution in [0.15, 0.2) is 48.5 Å². The fraction of sp³-hybridized carbons (Fsp3) is 0.278. The van der Waals surface area contributed by atoms with E-state index in [4.69, 9.17) is 0 Å². The third-order valence-electron chi connectivity index (χ3n) is 3.96. The van der Waals surface area contributed by atoms with Crippen LogP contribution in [0.25, 0.3) is 0 Å². The molecule has 1 fully saturated rings.